The molecule has 2 rings (SSSR count). The monoisotopic (exact) mass is 341 g/mol. The number of nitrogens with zero attached hydrogens (tertiary/aromatic N) is 1. The molecule has 122 valence electrons. The highest BCUT2D eigenvalue weighted by atomic mass is 35.5. The highest BCUT2D eigenvalue weighted by Gasteiger charge is 2.09. The Morgan fingerprint density at radius 1 is 1.25 bits per heavy atom. The molecule has 6 heteroatoms. The molecule has 0 atom stereocenters. The second-order valence-corrected chi connectivity index (χ2v) is 5.26. The van der Waals surface area contributed by atoms with E-state index in [-0.39, 0.29) is 5.57 Å². The molecular formula is C18H16ClN3O2. The van der Waals surface area contributed by atoms with Crippen LogP contribution < -0.4 is 15.4 Å². The molecule has 2 aromatic rings. The Morgan fingerprint density at radius 2 is 1.96 bits per heavy atom. The van der Waals surface area contributed by atoms with Crippen molar-refractivity contribution in [1.82, 2.24) is 5.32 Å². The fraction of sp³-hybridized carbons (Fsp3) is 0.111. The smallest absolute Gasteiger partial charge is 0.267 e. The maximum Gasteiger partial charge on any atom is 0.267 e. The van der Waals surface area contributed by atoms with Crippen LogP contribution in [0.25, 0.3) is 0 Å². The number of nitrogens with one attached hydrogen (secondary N) is 2. The first-order valence-corrected chi connectivity index (χ1v) is 7.54. The Kier molecular flexibility index (Phi) is 6.23. The van der Waals surface area contributed by atoms with Crippen molar-refractivity contribution in [2.45, 2.75) is 6.54 Å². The molecule has 0 unspecified atom stereocenters. The summed E-state index contributed by atoms with van der Waals surface area (Å²) in [5.41, 5.74) is 1.46. The molecule has 24 heavy (non-hydrogen) atoms. The number of hydrogen-bond donors (Lipinski definition) is 2. The molecule has 0 fully saturated rings. The summed E-state index contributed by atoms with van der Waals surface area (Å²) in [4.78, 5) is 12.1. The fourth-order valence-corrected chi connectivity index (χ4v) is 2.12. The van der Waals surface area contributed by atoms with Crippen LogP contribution in [0.3, 0.4) is 0 Å². The molecular weight excluding hydrogens is 326 g/mol. The minimum absolute atomic E-state index is 0.0279. The van der Waals surface area contributed by atoms with Crippen molar-refractivity contribution >= 4 is 23.2 Å². The van der Waals surface area contributed by atoms with Crippen LogP contribution >= 0.6 is 11.6 Å². The number of nitriles is 1. The minimum Gasteiger partial charge on any atom is -0.496 e. The summed E-state index contributed by atoms with van der Waals surface area (Å²) < 4.78 is 5.25. The zero-order valence-corrected chi connectivity index (χ0v) is 13.8. The maximum atomic E-state index is 12.1. The van der Waals surface area contributed by atoms with Crippen LogP contribution in [0, 0.1) is 11.3 Å². The quantitative estimate of drug-likeness (QED) is 0.623. The van der Waals surface area contributed by atoms with Crippen molar-refractivity contribution < 1.29 is 9.53 Å². The Labute approximate surface area is 145 Å². The predicted molar refractivity (Wildman–Crippen MR) is 93.6 cm³/mol. The van der Waals surface area contributed by atoms with Gasteiger partial charge in [-0.05, 0) is 30.3 Å². The molecule has 5 nitrogen and oxygen atoms in total. The molecule has 0 aliphatic rings. The van der Waals surface area contributed by atoms with E-state index in [0.717, 1.165) is 11.3 Å². The number of halogens is 1. The van der Waals surface area contributed by atoms with E-state index in [1.54, 1.807) is 31.4 Å². The molecule has 0 saturated heterocycles. The molecule has 0 aliphatic carbocycles. The van der Waals surface area contributed by atoms with Crippen LogP contribution in [0.5, 0.6) is 5.75 Å². The standard InChI is InChI=1S/C18H16ClN3O2/c1-24-17-5-3-2-4-13(17)11-21-12-14(10-20)18(23)22-16-8-6-15(19)7-9-16/h2-9,12,21H,11H2,1H3,(H,22,23)/b14-12-. The Hall–Kier alpha value is -2.97. The summed E-state index contributed by atoms with van der Waals surface area (Å²) in [6.45, 7) is 0.434. The number of para-hydroxylation sites is 1. The molecule has 1 amide bonds. The first-order valence-electron chi connectivity index (χ1n) is 7.16. The van der Waals surface area contributed by atoms with E-state index in [4.69, 9.17) is 21.6 Å². The predicted octanol–water partition coefficient (Wildman–Crippen LogP) is 3.48. The van der Waals surface area contributed by atoms with Crippen molar-refractivity contribution in [1.29, 1.82) is 5.26 Å². The second-order valence-electron chi connectivity index (χ2n) is 4.82. The Morgan fingerprint density at radius 3 is 2.62 bits per heavy atom. The van der Waals surface area contributed by atoms with Gasteiger partial charge >= 0.3 is 0 Å². The SMILES string of the molecule is COc1ccccc1CN/C=C(/C#N)C(=O)Nc1ccc(Cl)cc1. The minimum atomic E-state index is -0.493. The van der Waals surface area contributed by atoms with Gasteiger partial charge in [0.15, 0.2) is 0 Å². The van der Waals surface area contributed by atoms with Gasteiger partial charge in [-0.2, -0.15) is 5.26 Å². The van der Waals surface area contributed by atoms with Crippen molar-refractivity contribution in [3.05, 3.63) is 70.9 Å². The maximum absolute atomic E-state index is 12.1. The first kappa shape index (κ1) is 17.4. The van der Waals surface area contributed by atoms with Crippen LogP contribution in [0.4, 0.5) is 5.69 Å². The zero-order chi connectivity index (χ0) is 17.4. The molecule has 0 saturated carbocycles. The summed E-state index contributed by atoms with van der Waals surface area (Å²) in [5, 5.41) is 15.3. The van der Waals surface area contributed by atoms with Gasteiger partial charge in [0.1, 0.15) is 17.4 Å². The number of anilines is 1. The van der Waals surface area contributed by atoms with E-state index < -0.39 is 5.91 Å². The number of carbonyl (C=O) groups is 1. The van der Waals surface area contributed by atoms with Crippen LogP contribution in [0.1, 0.15) is 5.56 Å². The third kappa shape index (κ3) is 4.77. The highest BCUT2D eigenvalue weighted by Crippen LogP contribution is 2.17. The van der Waals surface area contributed by atoms with E-state index in [1.165, 1.54) is 6.20 Å². The molecule has 2 aromatic carbocycles. The first-order chi connectivity index (χ1) is 11.6. The van der Waals surface area contributed by atoms with E-state index in [9.17, 15) is 4.79 Å². The van der Waals surface area contributed by atoms with Crippen LogP contribution in [0.15, 0.2) is 60.3 Å². The number of rotatable bonds is 6. The lowest BCUT2D eigenvalue weighted by Gasteiger charge is -2.08. The third-order valence-corrected chi connectivity index (χ3v) is 3.45. The second kappa shape index (κ2) is 8.61. The number of amides is 1. The topological polar surface area (TPSA) is 74.1 Å². The van der Waals surface area contributed by atoms with E-state index in [2.05, 4.69) is 10.6 Å². The van der Waals surface area contributed by atoms with Gasteiger partial charge in [0, 0.05) is 29.0 Å². The molecule has 0 heterocycles. The Bertz CT molecular complexity index is 780. The molecule has 0 spiro atoms. The lowest BCUT2D eigenvalue weighted by molar-refractivity contribution is -0.112. The van der Waals surface area contributed by atoms with Crippen molar-refractivity contribution in [3.63, 3.8) is 0 Å². The number of ether oxygens (including phenoxy) is 1. The zero-order valence-electron chi connectivity index (χ0n) is 13.0. The highest BCUT2D eigenvalue weighted by molar-refractivity contribution is 6.30. The number of benzene rings is 2. The van der Waals surface area contributed by atoms with E-state index >= 15 is 0 Å². The molecule has 0 aliphatic heterocycles. The third-order valence-electron chi connectivity index (χ3n) is 3.20. The van der Waals surface area contributed by atoms with Crippen molar-refractivity contribution in [2.24, 2.45) is 0 Å². The van der Waals surface area contributed by atoms with Gasteiger partial charge in [-0.1, -0.05) is 29.8 Å². The molecule has 0 bridgehead atoms. The van der Waals surface area contributed by atoms with Crippen LogP contribution in [-0.4, -0.2) is 13.0 Å². The Balaban J connectivity index is 1.99. The van der Waals surface area contributed by atoms with Crippen LogP contribution in [-0.2, 0) is 11.3 Å². The van der Waals surface area contributed by atoms with Gasteiger partial charge in [-0.25, -0.2) is 0 Å². The average molecular weight is 342 g/mol. The summed E-state index contributed by atoms with van der Waals surface area (Å²) in [5.74, 6) is 0.245. The normalized spacial score (nSPS) is 10.6. The average Bonchev–Trinajstić information content (AvgIpc) is 2.61. The van der Waals surface area contributed by atoms with Crippen LogP contribution in [0.2, 0.25) is 5.02 Å². The van der Waals surface area contributed by atoms with Crippen molar-refractivity contribution in [2.75, 3.05) is 12.4 Å². The summed E-state index contributed by atoms with van der Waals surface area (Å²) in [7, 11) is 1.59. The number of carbonyl (C=O) groups excluding carboxylic acids is 1. The van der Waals surface area contributed by atoms with Gasteiger partial charge in [-0.3, -0.25) is 4.79 Å². The van der Waals surface area contributed by atoms with Gasteiger partial charge < -0.3 is 15.4 Å². The molecule has 2 N–H and O–H groups in total. The van der Waals surface area contributed by atoms with Gasteiger partial charge in [0.25, 0.3) is 5.91 Å². The van der Waals surface area contributed by atoms with Gasteiger partial charge in [0.05, 0.1) is 7.11 Å². The van der Waals surface area contributed by atoms with Crippen molar-refractivity contribution in [3.8, 4) is 11.8 Å². The lowest BCUT2D eigenvalue weighted by Crippen LogP contribution is -2.16. The number of hydrogen-bond acceptors (Lipinski definition) is 4. The van der Waals surface area contributed by atoms with Gasteiger partial charge in [-0.15, -0.1) is 0 Å². The molecule has 0 aromatic heterocycles. The summed E-state index contributed by atoms with van der Waals surface area (Å²) in [6, 6.07) is 16.0. The summed E-state index contributed by atoms with van der Waals surface area (Å²) >= 11 is 5.79. The largest absolute Gasteiger partial charge is 0.496 e. The summed E-state index contributed by atoms with van der Waals surface area (Å²) in [6.07, 6.45) is 1.39. The fourth-order valence-electron chi connectivity index (χ4n) is 1.99. The van der Waals surface area contributed by atoms with E-state index in [0.29, 0.717) is 17.3 Å². The number of methoxy groups -OCH3 is 1. The lowest BCUT2D eigenvalue weighted by atomic mass is 10.2. The van der Waals surface area contributed by atoms with Gasteiger partial charge in [0.2, 0.25) is 0 Å². The molecule has 0 radical (unpaired) electrons. The van der Waals surface area contributed by atoms with E-state index in [1.807, 2.05) is 30.3 Å².